The third-order valence-electron chi connectivity index (χ3n) is 5.68. The Labute approximate surface area is 186 Å². The fourth-order valence-electron chi connectivity index (χ4n) is 4.03. The van der Waals surface area contributed by atoms with Crippen LogP contribution < -0.4 is 15.1 Å². The molecule has 2 fully saturated rings. The Balaban J connectivity index is 1.37. The zero-order valence-electron chi connectivity index (χ0n) is 17.7. The van der Waals surface area contributed by atoms with Crippen LogP contribution in [0.3, 0.4) is 0 Å². The highest BCUT2D eigenvalue weighted by atomic mass is 16.5. The highest BCUT2D eigenvalue weighted by Gasteiger charge is 2.18. The molecule has 2 aliphatic rings. The number of nitrogens with zero attached hydrogens (tertiary/aromatic N) is 7. The van der Waals surface area contributed by atoms with E-state index in [0.29, 0.717) is 30.4 Å². The molecule has 9 nitrogen and oxygen atoms in total. The molecule has 0 aliphatic carbocycles. The van der Waals surface area contributed by atoms with E-state index in [1.807, 2.05) is 24.3 Å². The summed E-state index contributed by atoms with van der Waals surface area (Å²) in [4.78, 5) is 22.4. The molecule has 2 saturated heterocycles. The quantitative estimate of drug-likeness (QED) is 0.657. The lowest BCUT2D eigenvalue weighted by Crippen LogP contribution is -2.36. The van der Waals surface area contributed by atoms with Gasteiger partial charge in [0, 0.05) is 62.1 Å². The van der Waals surface area contributed by atoms with Gasteiger partial charge in [0.05, 0.1) is 24.5 Å². The molecule has 1 N–H and O–H groups in total. The topological polar surface area (TPSA) is 103 Å². The summed E-state index contributed by atoms with van der Waals surface area (Å²) in [5, 5.41) is 12.9. The molecule has 32 heavy (non-hydrogen) atoms. The first-order chi connectivity index (χ1) is 15.8. The average molecular weight is 429 g/mol. The molecular weight excluding hydrogens is 404 g/mol. The highest BCUT2D eigenvalue weighted by molar-refractivity contribution is 5.67. The third-order valence-corrected chi connectivity index (χ3v) is 5.68. The van der Waals surface area contributed by atoms with Gasteiger partial charge in [-0.25, -0.2) is 19.9 Å². The van der Waals surface area contributed by atoms with Gasteiger partial charge in [0.25, 0.3) is 0 Å². The van der Waals surface area contributed by atoms with Gasteiger partial charge in [-0.1, -0.05) is 0 Å². The Morgan fingerprint density at radius 3 is 2.56 bits per heavy atom. The zero-order chi connectivity index (χ0) is 21.8. The van der Waals surface area contributed by atoms with Crippen molar-refractivity contribution in [1.82, 2.24) is 19.9 Å². The smallest absolute Gasteiger partial charge is 0.227 e. The van der Waals surface area contributed by atoms with E-state index in [-0.39, 0.29) is 0 Å². The summed E-state index contributed by atoms with van der Waals surface area (Å²) in [5.74, 6) is 2.13. The molecule has 0 bridgehead atoms. The molecular formula is C23H24N8O. The average Bonchev–Trinajstić information content (AvgIpc) is 3.39. The minimum absolute atomic E-state index is 0.476. The van der Waals surface area contributed by atoms with Crippen molar-refractivity contribution < 1.29 is 4.74 Å². The van der Waals surface area contributed by atoms with Crippen LogP contribution in [0.4, 0.5) is 23.3 Å². The highest BCUT2D eigenvalue weighted by Crippen LogP contribution is 2.27. The zero-order valence-corrected chi connectivity index (χ0v) is 17.7. The van der Waals surface area contributed by atoms with E-state index in [9.17, 15) is 5.26 Å². The van der Waals surface area contributed by atoms with Crippen molar-refractivity contribution in [2.24, 2.45) is 0 Å². The maximum Gasteiger partial charge on any atom is 0.227 e. The third kappa shape index (κ3) is 4.31. The van der Waals surface area contributed by atoms with Crippen molar-refractivity contribution in [2.45, 2.75) is 12.8 Å². The number of hydrogen-bond acceptors (Lipinski definition) is 9. The minimum atomic E-state index is 0.476. The fourth-order valence-corrected chi connectivity index (χ4v) is 4.03. The summed E-state index contributed by atoms with van der Waals surface area (Å²) in [6, 6.07) is 9.85. The second kappa shape index (κ2) is 9.16. The number of rotatable bonds is 5. The van der Waals surface area contributed by atoms with E-state index in [0.717, 1.165) is 61.9 Å². The summed E-state index contributed by atoms with van der Waals surface area (Å²) in [6.45, 7) is 4.95. The molecule has 5 rings (SSSR count). The standard InChI is InChI=1S/C23H24N8O/c24-15-17-13-18(16-27-22(17)31-7-1-2-8-31)20-4-6-26-23(29-20)28-19-3-5-25-21(14-19)30-9-11-32-12-10-30/h3-6,13-14,16H,1-2,7-12H2,(H,25,26,28,29). The van der Waals surface area contributed by atoms with Crippen molar-refractivity contribution in [3.05, 3.63) is 48.4 Å². The maximum absolute atomic E-state index is 9.65. The SMILES string of the molecule is N#Cc1cc(-c2ccnc(Nc3ccnc(N4CCOCC4)c3)n2)cnc1N1CCCC1. The summed E-state index contributed by atoms with van der Waals surface area (Å²) in [5.41, 5.74) is 2.93. The van der Waals surface area contributed by atoms with Gasteiger partial charge in [0.2, 0.25) is 5.95 Å². The summed E-state index contributed by atoms with van der Waals surface area (Å²) in [7, 11) is 0. The molecule has 0 saturated carbocycles. The molecule has 2 aliphatic heterocycles. The molecule has 0 atom stereocenters. The Hall–Kier alpha value is -3.77. The van der Waals surface area contributed by atoms with Crippen LogP contribution in [-0.4, -0.2) is 59.3 Å². The van der Waals surface area contributed by atoms with Crippen LogP contribution in [-0.2, 0) is 4.74 Å². The van der Waals surface area contributed by atoms with E-state index in [1.54, 1.807) is 18.6 Å². The van der Waals surface area contributed by atoms with Crippen LogP contribution in [0, 0.1) is 11.3 Å². The lowest BCUT2D eigenvalue weighted by Gasteiger charge is -2.28. The first kappa shape index (κ1) is 20.2. The van der Waals surface area contributed by atoms with Gasteiger partial charge < -0.3 is 19.9 Å². The van der Waals surface area contributed by atoms with E-state index < -0.39 is 0 Å². The van der Waals surface area contributed by atoms with Crippen molar-refractivity contribution >= 4 is 23.3 Å². The van der Waals surface area contributed by atoms with Crippen LogP contribution >= 0.6 is 0 Å². The predicted molar refractivity (Wildman–Crippen MR) is 122 cm³/mol. The summed E-state index contributed by atoms with van der Waals surface area (Å²) >= 11 is 0. The molecule has 0 spiro atoms. The van der Waals surface area contributed by atoms with E-state index in [1.165, 1.54) is 0 Å². The van der Waals surface area contributed by atoms with Crippen molar-refractivity contribution in [3.63, 3.8) is 0 Å². The monoisotopic (exact) mass is 428 g/mol. The van der Waals surface area contributed by atoms with Gasteiger partial charge in [0.1, 0.15) is 17.7 Å². The Bertz CT molecular complexity index is 1130. The number of nitrogens with one attached hydrogen (secondary N) is 1. The number of morpholine rings is 1. The number of aromatic nitrogens is 4. The van der Waals surface area contributed by atoms with Crippen LogP contribution in [0.2, 0.25) is 0 Å². The Morgan fingerprint density at radius 1 is 0.938 bits per heavy atom. The molecule has 9 heteroatoms. The van der Waals surface area contributed by atoms with Gasteiger partial charge in [0.15, 0.2) is 0 Å². The van der Waals surface area contributed by atoms with E-state index >= 15 is 0 Å². The van der Waals surface area contributed by atoms with Gasteiger partial charge in [-0.2, -0.15) is 5.26 Å². The lowest BCUT2D eigenvalue weighted by molar-refractivity contribution is 0.122. The molecule has 3 aromatic heterocycles. The van der Waals surface area contributed by atoms with Crippen molar-refractivity contribution in [1.29, 1.82) is 5.26 Å². The fraction of sp³-hybridized carbons (Fsp3) is 0.348. The second-order valence-electron chi connectivity index (χ2n) is 7.79. The minimum Gasteiger partial charge on any atom is -0.378 e. The van der Waals surface area contributed by atoms with E-state index in [2.05, 4.69) is 41.1 Å². The van der Waals surface area contributed by atoms with Crippen LogP contribution in [0.5, 0.6) is 0 Å². The number of ether oxygens (including phenoxy) is 1. The molecule has 3 aromatic rings. The largest absolute Gasteiger partial charge is 0.378 e. The number of hydrogen-bond donors (Lipinski definition) is 1. The van der Waals surface area contributed by atoms with E-state index in [4.69, 9.17) is 4.74 Å². The molecule has 162 valence electrons. The van der Waals surface area contributed by atoms with Crippen LogP contribution in [0.25, 0.3) is 11.3 Å². The van der Waals surface area contributed by atoms with Gasteiger partial charge >= 0.3 is 0 Å². The van der Waals surface area contributed by atoms with Gasteiger partial charge in [-0.3, -0.25) is 0 Å². The lowest BCUT2D eigenvalue weighted by atomic mass is 10.1. The van der Waals surface area contributed by atoms with Crippen LogP contribution in [0.1, 0.15) is 18.4 Å². The van der Waals surface area contributed by atoms with Gasteiger partial charge in [-0.05, 0) is 31.0 Å². The molecule has 0 radical (unpaired) electrons. The predicted octanol–water partition coefficient (Wildman–Crippen LogP) is 2.99. The summed E-state index contributed by atoms with van der Waals surface area (Å²) < 4.78 is 5.42. The number of pyridine rings is 2. The van der Waals surface area contributed by atoms with Gasteiger partial charge in [-0.15, -0.1) is 0 Å². The van der Waals surface area contributed by atoms with Crippen molar-refractivity contribution in [2.75, 3.05) is 54.5 Å². The molecule has 0 unspecified atom stereocenters. The molecule has 5 heterocycles. The molecule has 0 amide bonds. The normalized spacial score (nSPS) is 16.1. The van der Waals surface area contributed by atoms with Crippen LogP contribution in [0.15, 0.2) is 42.9 Å². The maximum atomic E-state index is 9.65. The first-order valence-corrected chi connectivity index (χ1v) is 10.8. The first-order valence-electron chi connectivity index (χ1n) is 10.8. The number of nitriles is 1. The second-order valence-corrected chi connectivity index (χ2v) is 7.79. The Morgan fingerprint density at radius 2 is 1.75 bits per heavy atom. The number of anilines is 4. The van der Waals surface area contributed by atoms with Crippen molar-refractivity contribution in [3.8, 4) is 17.3 Å². The molecule has 0 aromatic carbocycles. The summed E-state index contributed by atoms with van der Waals surface area (Å²) in [6.07, 6.45) is 7.53. The Kier molecular flexibility index (Phi) is 5.77.